The molecule has 134 valence electrons. The van der Waals surface area contributed by atoms with E-state index in [1.165, 1.54) is 5.56 Å². The van der Waals surface area contributed by atoms with Crippen LogP contribution >= 0.6 is 11.6 Å². The Labute approximate surface area is 149 Å². The summed E-state index contributed by atoms with van der Waals surface area (Å²) in [5.41, 5.74) is 2.31. The topological polar surface area (TPSA) is 127 Å². The number of carboxylic acids is 2. The van der Waals surface area contributed by atoms with Crippen molar-refractivity contribution in [2.75, 3.05) is 5.32 Å². The normalized spacial score (nSPS) is 12.3. The molecular formula is C17H18ClNO6. The third-order valence-corrected chi connectivity index (χ3v) is 3.20. The van der Waals surface area contributed by atoms with Crippen LogP contribution in [0.1, 0.15) is 5.56 Å². The van der Waals surface area contributed by atoms with Crippen LogP contribution in [0.25, 0.3) is 0 Å². The van der Waals surface area contributed by atoms with Crippen molar-refractivity contribution in [3.63, 3.8) is 0 Å². The van der Waals surface area contributed by atoms with Gasteiger partial charge in [0.2, 0.25) is 0 Å². The summed E-state index contributed by atoms with van der Waals surface area (Å²) in [7, 11) is 0. The van der Waals surface area contributed by atoms with Crippen molar-refractivity contribution in [2.24, 2.45) is 0 Å². The standard InChI is InChI=1S/C13H12ClN.C4H6O6/c14-12-7-4-8-13(9-12)15-10-11-5-2-1-3-6-11;5-1(3(7)8)2(6)4(9)10/h1-9,15H,10H2;1-2,5-6H,(H,7,8)(H,9,10). The van der Waals surface area contributed by atoms with Crippen molar-refractivity contribution < 1.29 is 30.0 Å². The minimum absolute atomic E-state index is 0.757. The van der Waals surface area contributed by atoms with E-state index < -0.39 is 24.1 Å². The molecule has 2 atom stereocenters. The monoisotopic (exact) mass is 367 g/mol. The lowest BCUT2D eigenvalue weighted by atomic mass is 10.2. The molecule has 2 aromatic rings. The zero-order valence-corrected chi connectivity index (χ0v) is 13.8. The van der Waals surface area contributed by atoms with Crippen LogP contribution in [-0.4, -0.2) is 44.6 Å². The average molecular weight is 368 g/mol. The predicted molar refractivity (Wildman–Crippen MR) is 92.5 cm³/mol. The molecule has 25 heavy (non-hydrogen) atoms. The van der Waals surface area contributed by atoms with Gasteiger partial charge in [-0.15, -0.1) is 0 Å². The summed E-state index contributed by atoms with van der Waals surface area (Å²) in [6, 6.07) is 18.0. The first-order chi connectivity index (χ1) is 11.8. The fourth-order valence-corrected chi connectivity index (χ4v) is 1.86. The highest BCUT2D eigenvalue weighted by molar-refractivity contribution is 6.30. The summed E-state index contributed by atoms with van der Waals surface area (Å²) >= 11 is 5.89. The van der Waals surface area contributed by atoms with Crippen LogP contribution in [0.5, 0.6) is 0 Å². The minimum Gasteiger partial charge on any atom is -0.479 e. The number of hydrogen-bond donors (Lipinski definition) is 5. The lowest BCUT2D eigenvalue weighted by molar-refractivity contribution is -0.165. The highest BCUT2D eigenvalue weighted by Crippen LogP contribution is 2.15. The van der Waals surface area contributed by atoms with Crippen LogP contribution in [0.2, 0.25) is 5.02 Å². The SMILES string of the molecule is Clc1cccc(NCc2ccccc2)c1.O=C(O)C(O)C(O)C(=O)O. The fraction of sp³-hybridized carbons (Fsp3) is 0.176. The van der Waals surface area contributed by atoms with Gasteiger partial charge in [0.1, 0.15) is 0 Å². The van der Waals surface area contributed by atoms with Gasteiger partial charge < -0.3 is 25.7 Å². The second kappa shape index (κ2) is 10.3. The maximum Gasteiger partial charge on any atom is 0.335 e. The van der Waals surface area contributed by atoms with E-state index in [1.54, 1.807) is 0 Å². The molecule has 5 N–H and O–H groups in total. The van der Waals surface area contributed by atoms with Crippen molar-refractivity contribution in [2.45, 2.75) is 18.8 Å². The van der Waals surface area contributed by atoms with Crippen LogP contribution in [0.4, 0.5) is 5.69 Å². The predicted octanol–water partition coefficient (Wildman–Crippen LogP) is 1.83. The van der Waals surface area contributed by atoms with Crippen LogP contribution in [0.3, 0.4) is 0 Å². The molecular weight excluding hydrogens is 350 g/mol. The second-order valence-corrected chi connectivity index (χ2v) is 5.35. The molecule has 8 heteroatoms. The van der Waals surface area contributed by atoms with Gasteiger partial charge in [-0.3, -0.25) is 0 Å². The molecule has 0 heterocycles. The number of hydrogen-bond acceptors (Lipinski definition) is 5. The van der Waals surface area contributed by atoms with Crippen molar-refractivity contribution in [1.29, 1.82) is 0 Å². The van der Waals surface area contributed by atoms with Gasteiger partial charge in [-0.05, 0) is 23.8 Å². The zero-order chi connectivity index (χ0) is 18.8. The smallest absolute Gasteiger partial charge is 0.335 e. The average Bonchev–Trinajstić information content (AvgIpc) is 2.60. The molecule has 0 aliphatic heterocycles. The van der Waals surface area contributed by atoms with Gasteiger partial charge in [0, 0.05) is 17.3 Å². The summed E-state index contributed by atoms with van der Waals surface area (Å²) in [6.07, 6.45) is -4.53. The van der Waals surface area contributed by atoms with Crippen molar-refractivity contribution >= 4 is 29.2 Å². The van der Waals surface area contributed by atoms with Gasteiger partial charge >= 0.3 is 11.9 Å². The lowest BCUT2D eigenvalue weighted by Gasteiger charge is -2.07. The Bertz CT molecular complexity index is 677. The Morgan fingerprint density at radius 3 is 1.96 bits per heavy atom. The summed E-state index contributed by atoms with van der Waals surface area (Å²) < 4.78 is 0. The number of aliphatic hydroxyl groups excluding tert-OH is 2. The van der Waals surface area contributed by atoms with E-state index in [0.717, 1.165) is 17.3 Å². The first-order valence-electron chi connectivity index (χ1n) is 7.16. The molecule has 0 aromatic heterocycles. The summed E-state index contributed by atoms with van der Waals surface area (Å²) in [6.45, 7) is 0.821. The summed E-state index contributed by atoms with van der Waals surface area (Å²) in [5.74, 6) is -3.54. The zero-order valence-electron chi connectivity index (χ0n) is 13.0. The van der Waals surface area contributed by atoms with Crippen molar-refractivity contribution in [1.82, 2.24) is 0 Å². The molecule has 2 aromatic carbocycles. The van der Waals surface area contributed by atoms with E-state index in [0.29, 0.717) is 0 Å². The van der Waals surface area contributed by atoms with E-state index in [4.69, 9.17) is 32.0 Å². The number of carbonyl (C=O) groups is 2. The highest BCUT2D eigenvalue weighted by Gasteiger charge is 2.29. The Hall–Kier alpha value is -2.61. The summed E-state index contributed by atoms with van der Waals surface area (Å²) in [4.78, 5) is 19.5. The van der Waals surface area contributed by atoms with E-state index in [-0.39, 0.29) is 0 Å². The van der Waals surface area contributed by atoms with E-state index >= 15 is 0 Å². The molecule has 0 aliphatic carbocycles. The Kier molecular flexibility index (Phi) is 8.42. The summed E-state index contributed by atoms with van der Waals surface area (Å²) in [5, 5.41) is 36.6. The molecule has 2 unspecified atom stereocenters. The van der Waals surface area contributed by atoms with E-state index in [9.17, 15) is 9.59 Å². The minimum atomic E-state index is -2.27. The van der Waals surface area contributed by atoms with E-state index in [1.807, 2.05) is 42.5 Å². The number of halogens is 1. The largest absolute Gasteiger partial charge is 0.479 e. The highest BCUT2D eigenvalue weighted by atomic mass is 35.5. The van der Waals surface area contributed by atoms with Crippen LogP contribution < -0.4 is 5.32 Å². The molecule has 0 fully saturated rings. The molecule has 0 saturated heterocycles. The van der Waals surface area contributed by atoms with Crippen LogP contribution in [0, 0.1) is 0 Å². The number of aliphatic hydroxyl groups is 2. The van der Waals surface area contributed by atoms with Gasteiger partial charge in [0.25, 0.3) is 0 Å². The molecule has 2 rings (SSSR count). The van der Waals surface area contributed by atoms with Crippen molar-refractivity contribution in [3.8, 4) is 0 Å². The number of carboxylic acid groups (broad SMARTS) is 2. The Morgan fingerprint density at radius 2 is 1.48 bits per heavy atom. The fourth-order valence-electron chi connectivity index (χ4n) is 1.67. The first kappa shape index (κ1) is 20.4. The van der Waals surface area contributed by atoms with Crippen LogP contribution in [-0.2, 0) is 16.1 Å². The Balaban J connectivity index is 0.000000275. The van der Waals surface area contributed by atoms with Crippen LogP contribution in [0.15, 0.2) is 54.6 Å². The van der Waals surface area contributed by atoms with E-state index in [2.05, 4.69) is 17.4 Å². The quantitative estimate of drug-likeness (QED) is 0.527. The molecule has 0 aliphatic rings. The van der Waals surface area contributed by atoms with Crippen molar-refractivity contribution in [3.05, 3.63) is 65.2 Å². The molecule has 0 amide bonds. The van der Waals surface area contributed by atoms with Gasteiger partial charge in [0.15, 0.2) is 12.2 Å². The molecule has 7 nitrogen and oxygen atoms in total. The van der Waals surface area contributed by atoms with Gasteiger partial charge in [0.05, 0.1) is 0 Å². The second-order valence-electron chi connectivity index (χ2n) is 4.92. The maximum atomic E-state index is 9.77. The maximum absolute atomic E-state index is 9.77. The molecule has 0 saturated carbocycles. The lowest BCUT2D eigenvalue weighted by Crippen LogP contribution is -2.39. The number of nitrogens with one attached hydrogen (secondary N) is 1. The molecule has 0 radical (unpaired) electrons. The number of benzene rings is 2. The third kappa shape index (κ3) is 7.67. The number of rotatable bonds is 6. The molecule has 0 spiro atoms. The number of aliphatic carboxylic acids is 2. The van der Waals surface area contributed by atoms with Gasteiger partial charge in [-0.2, -0.15) is 0 Å². The first-order valence-corrected chi connectivity index (χ1v) is 7.54. The Morgan fingerprint density at radius 1 is 0.920 bits per heavy atom. The van der Waals surface area contributed by atoms with Gasteiger partial charge in [-0.1, -0.05) is 48.0 Å². The number of anilines is 1. The van der Waals surface area contributed by atoms with Gasteiger partial charge in [-0.25, -0.2) is 9.59 Å². The molecule has 0 bridgehead atoms. The third-order valence-electron chi connectivity index (χ3n) is 2.97.